The Hall–Kier alpha value is -3.22. The minimum Gasteiger partial charge on any atom is -0.322 e. The van der Waals surface area contributed by atoms with Crippen molar-refractivity contribution < 1.29 is 14.5 Å². The Morgan fingerprint density at radius 3 is 2.26 bits per heavy atom. The Labute approximate surface area is 132 Å². The maximum atomic E-state index is 12.2. The molecular weight excluding hydrogens is 298 g/mol. The maximum absolute atomic E-state index is 12.2. The molecule has 0 unspecified atom stereocenters. The van der Waals surface area contributed by atoms with Crippen LogP contribution in [0.25, 0.3) is 0 Å². The van der Waals surface area contributed by atoms with Crippen molar-refractivity contribution in [2.75, 3.05) is 17.3 Å². The number of nitrogens with zero attached hydrogens (tertiary/aromatic N) is 2. The number of nitro groups is 1. The van der Waals surface area contributed by atoms with E-state index in [4.69, 9.17) is 0 Å². The molecule has 0 fully saturated rings. The lowest BCUT2D eigenvalue weighted by Gasteiger charge is -2.15. The zero-order valence-electron chi connectivity index (χ0n) is 12.6. The number of carbonyl (C=O) groups is 2. The van der Waals surface area contributed by atoms with Crippen LogP contribution in [0.15, 0.2) is 48.5 Å². The van der Waals surface area contributed by atoms with E-state index in [-0.39, 0.29) is 17.2 Å². The van der Waals surface area contributed by atoms with E-state index in [1.54, 1.807) is 37.4 Å². The normalized spacial score (nSPS) is 10.0. The van der Waals surface area contributed by atoms with E-state index < -0.39 is 10.8 Å². The number of nitrogens with one attached hydrogen (secondary N) is 1. The number of para-hydroxylation sites is 1. The Morgan fingerprint density at radius 1 is 1.09 bits per heavy atom. The van der Waals surface area contributed by atoms with Gasteiger partial charge in [0.15, 0.2) is 0 Å². The fourth-order valence-corrected chi connectivity index (χ4v) is 1.97. The second-order valence-electron chi connectivity index (χ2n) is 4.85. The van der Waals surface area contributed by atoms with Crippen LogP contribution in [0.4, 0.5) is 17.1 Å². The van der Waals surface area contributed by atoms with Gasteiger partial charge in [-0.2, -0.15) is 0 Å². The van der Waals surface area contributed by atoms with E-state index in [0.29, 0.717) is 11.4 Å². The fourth-order valence-electron chi connectivity index (χ4n) is 1.97. The molecule has 118 valence electrons. The molecule has 0 aliphatic rings. The number of amides is 2. The highest BCUT2D eigenvalue weighted by Gasteiger charge is 2.19. The maximum Gasteiger partial charge on any atom is 0.282 e. The molecule has 7 heteroatoms. The summed E-state index contributed by atoms with van der Waals surface area (Å²) >= 11 is 0. The molecule has 2 rings (SSSR count). The highest BCUT2D eigenvalue weighted by atomic mass is 16.6. The van der Waals surface area contributed by atoms with Crippen LogP contribution in [0.2, 0.25) is 0 Å². The van der Waals surface area contributed by atoms with E-state index in [1.807, 2.05) is 0 Å². The van der Waals surface area contributed by atoms with E-state index >= 15 is 0 Å². The van der Waals surface area contributed by atoms with E-state index in [0.717, 1.165) is 0 Å². The van der Waals surface area contributed by atoms with Crippen LogP contribution >= 0.6 is 0 Å². The van der Waals surface area contributed by atoms with Gasteiger partial charge in [-0.05, 0) is 30.3 Å². The van der Waals surface area contributed by atoms with Gasteiger partial charge in [-0.25, -0.2) is 0 Å². The van der Waals surface area contributed by atoms with Gasteiger partial charge in [-0.15, -0.1) is 0 Å². The Kier molecular flexibility index (Phi) is 4.70. The van der Waals surface area contributed by atoms with Crippen LogP contribution in [0.3, 0.4) is 0 Å². The fraction of sp³-hybridized carbons (Fsp3) is 0.125. The molecule has 0 aromatic heterocycles. The van der Waals surface area contributed by atoms with Crippen molar-refractivity contribution in [1.82, 2.24) is 0 Å². The number of hydrogen-bond acceptors (Lipinski definition) is 4. The van der Waals surface area contributed by atoms with Gasteiger partial charge in [0, 0.05) is 31.4 Å². The summed E-state index contributed by atoms with van der Waals surface area (Å²) in [5.74, 6) is -0.674. The number of benzene rings is 2. The Bertz CT molecular complexity index is 756. The minimum atomic E-state index is -0.597. The molecule has 2 aromatic rings. The van der Waals surface area contributed by atoms with Gasteiger partial charge in [0.25, 0.3) is 11.6 Å². The monoisotopic (exact) mass is 313 g/mol. The average Bonchev–Trinajstić information content (AvgIpc) is 2.54. The van der Waals surface area contributed by atoms with Crippen LogP contribution in [-0.4, -0.2) is 23.8 Å². The van der Waals surface area contributed by atoms with Crippen molar-refractivity contribution in [3.8, 4) is 0 Å². The van der Waals surface area contributed by atoms with Crippen LogP contribution in [0.1, 0.15) is 17.3 Å². The van der Waals surface area contributed by atoms with E-state index in [9.17, 15) is 19.7 Å². The summed E-state index contributed by atoms with van der Waals surface area (Å²) < 4.78 is 0. The molecule has 0 aliphatic carbocycles. The molecule has 2 amide bonds. The van der Waals surface area contributed by atoms with Crippen LogP contribution in [0.5, 0.6) is 0 Å². The first-order valence-corrected chi connectivity index (χ1v) is 6.79. The predicted octanol–water partition coefficient (Wildman–Crippen LogP) is 2.83. The molecule has 0 saturated heterocycles. The summed E-state index contributed by atoms with van der Waals surface area (Å²) in [4.78, 5) is 35.3. The van der Waals surface area contributed by atoms with Gasteiger partial charge in [-0.1, -0.05) is 12.1 Å². The number of hydrogen-bond donors (Lipinski definition) is 1. The summed E-state index contributed by atoms with van der Waals surface area (Å²) in [7, 11) is 1.64. The van der Waals surface area contributed by atoms with Crippen molar-refractivity contribution in [1.29, 1.82) is 0 Å². The second kappa shape index (κ2) is 6.69. The zero-order valence-corrected chi connectivity index (χ0v) is 12.6. The largest absolute Gasteiger partial charge is 0.322 e. The average molecular weight is 313 g/mol. The molecule has 0 radical (unpaired) electrons. The Balaban J connectivity index is 2.18. The molecule has 0 atom stereocenters. The first kappa shape index (κ1) is 16.2. The third-order valence-corrected chi connectivity index (χ3v) is 3.33. The highest BCUT2D eigenvalue weighted by Crippen LogP contribution is 2.21. The molecule has 0 saturated carbocycles. The molecule has 0 bridgehead atoms. The molecule has 0 spiro atoms. The summed E-state index contributed by atoms with van der Waals surface area (Å²) in [6, 6.07) is 12.3. The number of rotatable bonds is 4. The van der Waals surface area contributed by atoms with Gasteiger partial charge >= 0.3 is 0 Å². The third kappa shape index (κ3) is 3.70. The smallest absolute Gasteiger partial charge is 0.282 e. The number of carbonyl (C=O) groups excluding carboxylic acids is 2. The number of anilines is 2. The minimum absolute atomic E-state index is 0.0116. The summed E-state index contributed by atoms with van der Waals surface area (Å²) in [5, 5.41) is 13.6. The first-order chi connectivity index (χ1) is 10.9. The quantitative estimate of drug-likeness (QED) is 0.694. The van der Waals surface area contributed by atoms with E-state index in [1.165, 1.54) is 30.0 Å². The molecule has 1 N–H and O–H groups in total. The van der Waals surface area contributed by atoms with Crippen molar-refractivity contribution in [2.24, 2.45) is 0 Å². The van der Waals surface area contributed by atoms with Crippen molar-refractivity contribution >= 4 is 28.9 Å². The second-order valence-corrected chi connectivity index (χ2v) is 4.85. The van der Waals surface area contributed by atoms with Gasteiger partial charge in [0.05, 0.1) is 4.92 Å². The number of nitro benzene ring substituents is 1. The summed E-state index contributed by atoms with van der Waals surface area (Å²) in [6.07, 6.45) is 0. The van der Waals surface area contributed by atoms with Gasteiger partial charge in [-0.3, -0.25) is 19.7 Å². The van der Waals surface area contributed by atoms with Crippen LogP contribution in [0, 0.1) is 10.1 Å². The lowest BCUT2D eigenvalue weighted by molar-refractivity contribution is -0.385. The van der Waals surface area contributed by atoms with E-state index in [2.05, 4.69) is 5.32 Å². The Morgan fingerprint density at radius 2 is 1.70 bits per heavy atom. The summed E-state index contributed by atoms with van der Waals surface area (Å²) in [6.45, 7) is 1.45. The lowest BCUT2D eigenvalue weighted by Crippen LogP contribution is -2.22. The van der Waals surface area contributed by atoms with Crippen LogP contribution in [-0.2, 0) is 4.79 Å². The molecule has 2 aromatic carbocycles. The van der Waals surface area contributed by atoms with Crippen molar-refractivity contribution in [2.45, 2.75) is 6.92 Å². The topological polar surface area (TPSA) is 92.6 Å². The summed E-state index contributed by atoms with van der Waals surface area (Å²) in [5.41, 5.74) is 0.899. The van der Waals surface area contributed by atoms with Gasteiger partial charge in [0.1, 0.15) is 5.56 Å². The van der Waals surface area contributed by atoms with Gasteiger partial charge < -0.3 is 10.2 Å². The molecule has 0 aliphatic heterocycles. The standard InChI is InChI=1S/C16H15N3O4/c1-11(20)18(2)13-9-7-12(8-10-13)17-16(21)14-5-3-4-6-15(14)19(22)23/h3-10H,1-2H3,(H,17,21). The molecule has 7 nitrogen and oxygen atoms in total. The SMILES string of the molecule is CC(=O)N(C)c1ccc(NC(=O)c2ccccc2[N+](=O)[O-])cc1. The lowest BCUT2D eigenvalue weighted by atomic mass is 10.1. The zero-order chi connectivity index (χ0) is 17.0. The van der Waals surface area contributed by atoms with Crippen molar-refractivity contribution in [3.63, 3.8) is 0 Å². The predicted molar refractivity (Wildman–Crippen MR) is 86.6 cm³/mol. The van der Waals surface area contributed by atoms with Crippen molar-refractivity contribution in [3.05, 3.63) is 64.2 Å². The molecule has 23 heavy (non-hydrogen) atoms. The van der Waals surface area contributed by atoms with Gasteiger partial charge in [0.2, 0.25) is 5.91 Å². The highest BCUT2D eigenvalue weighted by molar-refractivity contribution is 6.07. The van der Waals surface area contributed by atoms with Crippen LogP contribution < -0.4 is 10.2 Å². The molecular formula is C16H15N3O4. The molecule has 0 heterocycles. The third-order valence-electron chi connectivity index (χ3n) is 3.33. The first-order valence-electron chi connectivity index (χ1n) is 6.79.